The molecule has 0 aliphatic heterocycles. The molecular weight excluding hydrogens is 186 g/mol. The fourth-order valence-electron chi connectivity index (χ4n) is 2.46. The summed E-state index contributed by atoms with van der Waals surface area (Å²) in [5.41, 5.74) is 14.3. The predicted molar refractivity (Wildman–Crippen MR) is 61.6 cm³/mol. The highest BCUT2D eigenvalue weighted by molar-refractivity contribution is 5.27. The summed E-state index contributed by atoms with van der Waals surface area (Å²) >= 11 is 0. The summed E-state index contributed by atoms with van der Waals surface area (Å²) in [6.07, 6.45) is 6.29. The minimum atomic E-state index is 0.170. The van der Waals surface area contributed by atoms with Crippen LogP contribution in [0.3, 0.4) is 0 Å². The van der Waals surface area contributed by atoms with Crippen molar-refractivity contribution in [2.75, 3.05) is 6.54 Å². The Morgan fingerprint density at radius 3 is 3.20 bits per heavy atom. The summed E-state index contributed by atoms with van der Waals surface area (Å²) in [6.45, 7) is 0.667. The van der Waals surface area contributed by atoms with E-state index in [0.717, 1.165) is 19.3 Å². The van der Waals surface area contributed by atoms with Crippen LogP contribution in [-0.4, -0.2) is 17.6 Å². The molecule has 0 saturated carbocycles. The summed E-state index contributed by atoms with van der Waals surface area (Å²) in [6, 6.07) is 4.35. The lowest BCUT2D eigenvalue weighted by molar-refractivity contribution is 0.436. The molecule has 0 radical (unpaired) electrons. The van der Waals surface area contributed by atoms with Gasteiger partial charge >= 0.3 is 0 Å². The average Bonchev–Trinajstić information content (AvgIpc) is 2.28. The Balaban J connectivity index is 2.21. The minimum absolute atomic E-state index is 0.170. The molecule has 0 aromatic carbocycles. The van der Waals surface area contributed by atoms with Gasteiger partial charge in [-0.25, -0.2) is 0 Å². The summed E-state index contributed by atoms with van der Waals surface area (Å²) in [4.78, 5) is 4.48. The predicted octanol–water partition coefficient (Wildman–Crippen LogP) is 1.18. The monoisotopic (exact) mass is 205 g/mol. The maximum Gasteiger partial charge on any atom is 0.0481 e. The van der Waals surface area contributed by atoms with E-state index in [1.54, 1.807) is 0 Å². The van der Waals surface area contributed by atoms with E-state index in [-0.39, 0.29) is 6.04 Å². The Bertz CT molecular complexity index is 324. The third-order valence-corrected chi connectivity index (χ3v) is 3.26. The molecule has 2 rings (SSSR count). The molecule has 3 heteroatoms. The molecule has 2 unspecified atom stereocenters. The van der Waals surface area contributed by atoms with Crippen molar-refractivity contribution < 1.29 is 0 Å². The number of pyridine rings is 1. The lowest BCUT2D eigenvalue weighted by atomic mass is 9.81. The van der Waals surface area contributed by atoms with Crippen molar-refractivity contribution >= 4 is 0 Å². The van der Waals surface area contributed by atoms with Gasteiger partial charge in [0.15, 0.2) is 0 Å². The molecule has 2 atom stereocenters. The summed E-state index contributed by atoms with van der Waals surface area (Å²) < 4.78 is 0. The Kier molecular flexibility index (Phi) is 3.34. The van der Waals surface area contributed by atoms with Crippen molar-refractivity contribution in [2.45, 2.75) is 37.6 Å². The Morgan fingerprint density at radius 1 is 1.53 bits per heavy atom. The summed E-state index contributed by atoms with van der Waals surface area (Å²) in [5, 5.41) is 0. The van der Waals surface area contributed by atoms with Crippen molar-refractivity contribution in [3.8, 4) is 0 Å². The van der Waals surface area contributed by atoms with Gasteiger partial charge in [0.05, 0.1) is 0 Å². The number of fused-ring (bicyclic) bond motifs is 1. The molecule has 0 spiro atoms. The van der Waals surface area contributed by atoms with E-state index in [9.17, 15) is 0 Å². The first kappa shape index (κ1) is 10.6. The highest BCUT2D eigenvalue weighted by Crippen LogP contribution is 2.32. The van der Waals surface area contributed by atoms with Crippen LogP contribution in [0.2, 0.25) is 0 Å². The average molecular weight is 205 g/mol. The normalized spacial score (nSPS) is 22.1. The van der Waals surface area contributed by atoms with E-state index in [2.05, 4.69) is 11.1 Å². The Hall–Kier alpha value is -0.930. The van der Waals surface area contributed by atoms with Crippen LogP contribution in [0.1, 0.15) is 36.4 Å². The van der Waals surface area contributed by atoms with Crippen LogP contribution in [0.15, 0.2) is 18.3 Å². The van der Waals surface area contributed by atoms with Gasteiger partial charge < -0.3 is 11.5 Å². The van der Waals surface area contributed by atoms with Gasteiger partial charge in [0, 0.05) is 23.9 Å². The van der Waals surface area contributed by atoms with Gasteiger partial charge in [0.25, 0.3) is 0 Å². The van der Waals surface area contributed by atoms with Crippen LogP contribution in [0.4, 0.5) is 0 Å². The van der Waals surface area contributed by atoms with Crippen molar-refractivity contribution in [1.29, 1.82) is 0 Å². The first-order valence-corrected chi connectivity index (χ1v) is 5.72. The van der Waals surface area contributed by atoms with E-state index < -0.39 is 0 Å². The quantitative estimate of drug-likeness (QED) is 0.778. The summed E-state index contributed by atoms with van der Waals surface area (Å²) in [7, 11) is 0. The van der Waals surface area contributed by atoms with Crippen LogP contribution in [0.25, 0.3) is 0 Å². The minimum Gasteiger partial charge on any atom is -0.330 e. The largest absolute Gasteiger partial charge is 0.330 e. The Labute approximate surface area is 90.9 Å². The van der Waals surface area contributed by atoms with Gasteiger partial charge in [-0.15, -0.1) is 0 Å². The second kappa shape index (κ2) is 4.73. The number of rotatable bonds is 3. The maximum atomic E-state index is 6.15. The van der Waals surface area contributed by atoms with Crippen LogP contribution in [0.5, 0.6) is 0 Å². The molecule has 1 aliphatic rings. The molecule has 82 valence electrons. The second-order valence-corrected chi connectivity index (χ2v) is 4.29. The van der Waals surface area contributed by atoms with Crippen LogP contribution < -0.4 is 11.5 Å². The molecular formula is C12H19N3. The number of aromatic nitrogens is 1. The molecule has 4 N–H and O–H groups in total. The zero-order valence-corrected chi connectivity index (χ0v) is 9.02. The standard InChI is InChI=1S/C12H19N3/c13-7-6-11(14)10-5-1-3-9-4-2-8-15-12(9)10/h2,4,8,10-11H,1,3,5-7,13-14H2. The maximum absolute atomic E-state index is 6.15. The Morgan fingerprint density at radius 2 is 2.40 bits per heavy atom. The molecule has 1 aliphatic carbocycles. The lowest BCUT2D eigenvalue weighted by Gasteiger charge is -2.28. The number of nitrogens with two attached hydrogens (primary N) is 2. The number of hydrogen-bond donors (Lipinski definition) is 2. The molecule has 0 amide bonds. The second-order valence-electron chi connectivity index (χ2n) is 4.29. The van der Waals surface area contributed by atoms with E-state index in [1.807, 2.05) is 12.3 Å². The smallest absolute Gasteiger partial charge is 0.0481 e. The van der Waals surface area contributed by atoms with Gasteiger partial charge in [-0.2, -0.15) is 0 Å². The van der Waals surface area contributed by atoms with E-state index in [4.69, 9.17) is 11.5 Å². The van der Waals surface area contributed by atoms with Crippen molar-refractivity contribution in [3.05, 3.63) is 29.6 Å². The van der Waals surface area contributed by atoms with E-state index in [0.29, 0.717) is 12.5 Å². The lowest BCUT2D eigenvalue weighted by Crippen LogP contribution is -2.33. The topological polar surface area (TPSA) is 64.9 Å². The summed E-state index contributed by atoms with van der Waals surface area (Å²) in [5.74, 6) is 0.415. The fraction of sp³-hybridized carbons (Fsp3) is 0.583. The van der Waals surface area contributed by atoms with Gasteiger partial charge in [-0.3, -0.25) is 4.98 Å². The van der Waals surface area contributed by atoms with Crippen molar-refractivity contribution in [1.82, 2.24) is 4.98 Å². The molecule has 0 saturated heterocycles. The van der Waals surface area contributed by atoms with Gasteiger partial charge in [0.1, 0.15) is 0 Å². The number of hydrogen-bond acceptors (Lipinski definition) is 3. The molecule has 1 aromatic heterocycles. The highest BCUT2D eigenvalue weighted by atomic mass is 14.7. The molecule has 0 fully saturated rings. The highest BCUT2D eigenvalue weighted by Gasteiger charge is 2.25. The molecule has 1 heterocycles. The first-order chi connectivity index (χ1) is 7.33. The first-order valence-electron chi connectivity index (χ1n) is 5.72. The fourth-order valence-corrected chi connectivity index (χ4v) is 2.46. The molecule has 0 bridgehead atoms. The number of nitrogens with zero attached hydrogens (tertiary/aromatic N) is 1. The third kappa shape index (κ3) is 2.19. The molecule has 1 aromatic rings. The van der Waals surface area contributed by atoms with Gasteiger partial charge in [0.2, 0.25) is 0 Å². The zero-order valence-electron chi connectivity index (χ0n) is 9.02. The SMILES string of the molecule is NCCC(N)C1CCCc2cccnc21. The zero-order chi connectivity index (χ0) is 10.7. The van der Waals surface area contributed by atoms with Crippen LogP contribution in [0, 0.1) is 0 Å². The molecule has 15 heavy (non-hydrogen) atoms. The van der Waals surface area contributed by atoms with Crippen LogP contribution >= 0.6 is 0 Å². The molecule has 3 nitrogen and oxygen atoms in total. The van der Waals surface area contributed by atoms with E-state index in [1.165, 1.54) is 17.7 Å². The van der Waals surface area contributed by atoms with Gasteiger partial charge in [-0.05, 0) is 43.9 Å². The number of aryl methyl sites for hydroxylation is 1. The third-order valence-electron chi connectivity index (χ3n) is 3.26. The van der Waals surface area contributed by atoms with Gasteiger partial charge in [-0.1, -0.05) is 6.07 Å². The van der Waals surface area contributed by atoms with E-state index >= 15 is 0 Å². The van der Waals surface area contributed by atoms with Crippen LogP contribution in [-0.2, 0) is 6.42 Å². The van der Waals surface area contributed by atoms with Crippen molar-refractivity contribution in [3.63, 3.8) is 0 Å². The van der Waals surface area contributed by atoms with Crippen molar-refractivity contribution in [2.24, 2.45) is 11.5 Å².